The van der Waals surface area contributed by atoms with Crippen LogP contribution in [0.4, 0.5) is 0 Å². The predicted molar refractivity (Wildman–Crippen MR) is 67.6 cm³/mol. The number of rotatable bonds is 7. The molecule has 0 N–H and O–H groups in total. The number of hydrogen-bond acceptors (Lipinski definition) is 5. The first kappa shape index (κ1) is 14.9. The van der Waals surface area contributed by atoms with E-state index in [1.54, 1.807) is 30.3 Å². The monoisotopic (exact) mass is 264 g/mol. The Morgan fingerprint density at radius 3 is 2.53 bits per heavy atom. The Morgan fingerprint density at radius 2 is 1.95 bits per heavy atom. The Labute approximate surface area is 111 Å². The molecule has 1 aromatic rings. The molecule has 0 aliphatic rings. The lowest BCUT2D eigenvalue weighted by Crippen LogP contribution is -2.20. The van der Waals surface area contributed by atoms with Crippen LogP contribution in [-0.2, 0) is 19.1 Å². The van der Waals surface area contributed by atoms with Crippen LogP contribution in [-0.4, -0.2) is 31.4 Å². The minimum atomic E-state index is -0.836. The van der Waals surface area contributed by atoms with Crippen molar-refractivity contribution < 1.29 is 23.9 Å². The molecular formula is C14H16O5. The molecular weight excluding hydrogens is 248 g/mol. The highest BCUT2D eigenvalue weighted by Gasteiger charge is 2.15. The third kappa shape index (κ3) is 5.33. The molecule has 0 radical (unpaired) electrons. The normalized spacial score (nSPS) is 11.4. The zero-order chi connectivity index (χ0) is 14.1. The Kier molecular flexibility index (Phi) is 6.29. The first-order valence-corrected chi connectivity index (χ1v) is 5.95. The van der Waals surface area contributed by atoms with Crippen molar-refractivity contribution in [2.24, 2.45) is 0 Å². The number of ether oxygens (including phenoxy) is 2. The molecule has 5 heteroatoms. The maximum Gasteiger partial charge on any atom is 0.338 e. The van der Waals surface area contributed by atoms with E-state index in [0.717, 1.165) is 0 Å². The van der Waals surface area contributed by atoms with E-state index in [0.29, 0.717) is 24.7 Å². The molecule has 1 unspecified atom stereocenters. The topological polar surface area (TPSA) is 69.7 Å². The summed E-state index contributed by atoms with van der Waals surface area (Å²) in [5.41, 5.74) is 0.391. The molecule has 5 nitrogen and oxygen atoms in total. The van der Waals surface area contributed by atoms with Crippen molar-refractivity contribution >= 4 is 18.2 Å². The van der Waals surface area contributed by atoms with Crippen molar-refractivity contribution in [3.05, 3.63) is 35.9 Å². The quantitative estimate of drug-likeness (QED) is 0.554. The van der Waals surface area contributed by atoms with Crippen molar-refractivity contribution in [3.63, 3.8) is 0 Å². The summed E-state index contributed by atoms with van der Waals surface area (Å²) < 4.78 is 9.52. The average molecular weight is 264 g/mol. The van der Waals surface area contributed by atoms with Gasteiger partial charge in [0.05, 0.1) is 12.7 Å². The fraction of sp³-hybridized carbons (Fsp3) is 0.357. The van der Waals surface area contributed by atoms with E-state index < -0.39 is 12.1 Å². The van der Waals surface area contributed by atoms with E-state index in [-0.39, 0.29) is 12.4 Å². The number of methoxy groups -OCH3 is 1. The second-order valence-corrected chi connectivity index (χ2v) is 3.91. The summed E-state index contributed by atoms with van der Waals surface area (Å²) in [6.07, 6.45) is 0.661. The maximum absolute atomic E-state index is 11.7. The largest absolute Gasteiger partial charge is 0.469 e. The standard InChI is InChI=1S/C14H16O5/c1-18-13(16)9-5-8-12(10-15)19-14(17)11-6-3-2-4-7-11/h2-4,6-7,10,12H,5,8-9H2,1H3. The Hall–Kier alpha value is -2.17. The van der Waals surface area contributed by atoms with Gasteiger partial charge >= 0.3 is 11.9 Å². The number of benzene rings is 1. The van der Waals surface area contributed by atoms with E-state index >= 15 is 0 Å². The van der Waals surface area contributed by atoms with Gasteiger partial charge in [-0.3, -0.25) is 9.59 Å². The smallest absolute Gasteiger partial charge is 0.338 e. The summed E-state index contributed by atoms with van der Waals surface area (Å²) in [7, 11) is 1.30. The number of hydrogen-bond donors (Lipinski definition) is 0. The molecule has 1 rings (SSSR count). The maximum atomic E-state index is 11.7. The fourth-order valence-electron chi connectivity index (χ4n) is 1.48. The van der Waals surface area contributed by atoms with Crippen LogP contribution in [0.3, 0.4) is 0 Å². The molecule has 0 amide bonds. The first-order chi connectivity index (χ1) is 9.17. The van der Waals surface area contributed by atoms with Crippen LogP contribution in [0.1, 0.15) is 29.6 Å². The van der Waals surface area contributed by atoms with Crippen molar-refractivity contribution in [1.82, 2.24) is 0 Å². The van der Waals surface area contributed by atoms with Gasteiger partial charge in [0, 0.05) is 6.42 Å². The van der Waals surface area contributed by atoms with Gasteiger partial charge in [-0.1, -0.05) is 18.2 Å². The molecule has 0 aromatic heterocycles. The van der Waals surface area contributed by atoms with E-state index in [4.69, 9.17) is 4.74 Å². The highest BCUT2D eigenvalue weighted by Crippen LogP contribution is 2.08. The highest BCUT2D eigenvalue weighted by molar-refractivity contribution is 5.90. The Morgan fingerprint density at radius 1 is 1.26 bits per heavy atom. The van der Waals surface area contributed by atoms with Gasteiger partial charge in [0.25, 0.3) is 0 Å². The molecule has 1 aromatic carbocycles. The summed E-state index contributed by atoms with van der Waals surface area (Å²) in [6, 6.07) is 8.43. The second kappa shape index (κ2) is 8.02. The summed E-state index contributed by atoms with van der Waals surface area (Å²) in [5, 5.41) is 0. The van der Waals surface area contributed by atoms with Crippen LogP contribution in [0, 0.1) is 0 Å². The van der Waals surface area contributed by atoms with Gasteiger partial charge in [-0.25, -0.2) is 4.79 Å². The molecule has 19 heavy (non-hydrogen) atoms. The fourth-order valence-corrected chi connectivity index (χ4v) is 1.48. The molecule has 0 spiro atoms. The van der Waals surface area contributed by atoms with Crippen molar-refractivity contribution in [2.45, 2.75) is 25.4 Å². The van der Waals surface area contributed by atoms with E-state index in [2.05, 4.69) is 4.74 Å². The van der Waals surface area contributed by atoms with Crippen LogP contribution in [0.15, 0.2) is 30.3 Å². The lowest BCUT2D eigenvalue weighted by Gasteiger charge is -2.11. The number of carbonyl (C=O) groups excluding carboxylic acids is 3. The van der Waals surface area contributed by atoms with Crippen LogP contribution in [0.5, 0.6) is 0 Å². The zero-order valence-electron chi connectivity index (χ0n) is 10.7. The first-order valence-electron chi connectivity index (χ1n) is 5.95. The third-order valence-corrected chi connectivity index (χ3v) is 2.52. The van der Waals surface area contributed by atoms with Gasteiger partial charge in [0.2, 0.25) is 0 Å². The lowest BCUT2D eigenvalue weighted by molar-refractivity contribution is -0.141. The minimum Gasteiger partial charge on any atom is -0.469 e. The number of carbonyl (C=O) groups is 3. The average Bonchev–Trinajstić information content (AvgIpc) is 2.46. The molecule has 0 bridgehead atoms. The molecule has 0 aliphatic heterocycles. The second-order valence-electron chi connectivity index (χ2n) is 3.91. The SMILES string of the molecule is COC(=O)CCCC(C=O)OC(=O)c1ccccc1. The van der Waals surface area contributed by atoms with E-state index in [1.807, 2.05) is 0 Å². The van der Waals surface area contributed by atoms with Gasteiger partial charge in [-0.15, -0.1) is 0 Å². The molecule has 0 fully saturated rings. The van der Waals surface area contributed by atoms with Gasteiger partial charge < -0.3 is 9.47 Å². The van der Waals surface area contributed by atoms with Crippen LogP contribution < -0.4 is 0 Å². The molecule has 102 valence electrons. The van der Waals surface area contributed by atoms with Gasteiger partial charge in [0.1, 0.15) is 0 Å². The zero-order valence-corrected chi connectivity index (χ0v) is 10.7. The Balaban J connectivity index is 2.42. The molecule has 0 saturated heterocycles. The molecule has 1 atom stereocenters. The predicted octanol–water partition coefficient (Wildman–Crippen LogP) is 1.75. The molecule has 0 aliphatic carbocycles. The van der Waals surface area contributed by atoms with Crippen molar-refractivity contribution in [3.8, 4) is 0 Å². The molecule has 0 saturated carbocycles. The number of esters is 2. The van der Waals surface area contributed by atoms with E-state index in [1.165, 1.54) is 7.11 Å². The van der Waals surface area contributed by atoms with Crippen LogP contribution in [0.2, 0.25) is 0 Å². The van der Waals surface area contributed by atoms with Gasteiger partial charge in [0.15, 0.2) is 12.4 Å². The van der Waals surface area contributed by atoms with Crippen molar-refractivity contribution in [1.29, 1.82) is 0 Å². The minimum absolute atomic E-state index is 0.198. The van der Waals surface area contributed by atoms with E-state index in [9.17, 15) is 14.4 Å². The Bertz CT molecular complexity index is 427. The van der Waals surface area contributed by atoms with Gasteiger partial charge in [-0.05, 0) is 25.0 Å². The summed E-state index contributed by atoms with van der Waals surface area (Å²) in [6.45, 7) is 0. The highest BCUT2D eigenvalue weighted by atomic mass is 16.5. The molecule has 0 heterocycles. The van der Waals surface area contributed by atoms with Crippen LogP contribution >= 0.6 is 0 Å². The third-order valence-electron chi connectivity index (χ3n) is 2.52. The van der Waals surface area contributed by atoms with Gasteiger partial charge in [-0.2, -0.15) is 0 Å². The summed E-state index contributed by atoms with van der Waals surface area (Å²) in [5.74, 6) is -0.894. The van der Waals surface area contributed by atoms with Crippen LogP contribution in [0.25, 0.3) is 0 Å². The summed E-state index contributed by atoms with van der Waals surface area (Å²) in [4.78, 5) is 33.4. The lowest BCUT2D eigenvalue weighted by atomic mass is 10.1. The summed E-state index contributed by atoms with van der Waals surface area (Å²) >= 11 is 0. The number of aldehydes is 1. The van der Waals surface area contributed by atoms with Crippen molar-refractivity contribution in [2.75, 3.05) is 7.11 Å².